The summed E-state index contributed by atoms with van der Waals surface area (Å²) in [6.45, 7) is 0.522. The Bertz CT molecular complexity index is 941. The van der Waals surface area contributed by atoms with Gasteiger partial charge in [0.1, 0.15) is 12.2 Å². The maximum atomic E-state index is 13.9. The summed E-state index contributed by atoms with van der Waals surface area (Å²) < 4.78 is 52.1. The maximum absolute atomic E-state index is 13.9. The van der Waals surface area contributed by atoms with Crippen LogP contribution in [-0.4, -0.2) is 32.9 Å². The van der Waals surface area contributed by atoms with Gasteiger partial charge in [-0.2, -0.15) is 0 Å². The number of amides is 1. The molecule has 0 radical (unpaired) electrons. The number of nitrogens with zero attached hydrogens (tertiary/aromatic N) is 1. The second-order valence-corrected chi connectivity index (χ2v) is 7.43. The lowest BCUT2D eigenvalue weighted by Crippen LogP contribution is -2.38. The first-order valence-electron chi connectivity index (χ1n) is 7.42. The monoisotopic (exact) mass is 382 g/mol. The van der Waals surface area contributed by atoms with E-state index in [1.807, 2.05) is 0 Å². The predicted octanol–water partition coefficient (Wildman–Crippen LogP) is 2.57. The predicted molar refractivity (Wildman–Crippen MR) is 93.6 cm³/mol. The summed E-state index contributed by atoms with van der Waals surface area (Å²) in [6, 6.07) is 8.87. The number of Topliss-reactive ketones (excluding diaryl/α,β-unsaturated/α-hetero) is 1. The number of nitrogens with one attached hydrogen (secondary N) is 1. The van der Waals surface area contributed by atoms with E-state index in [-0.39, 0.29) is 11.5 Å². The first kappa shape index (κ1) is 19.5. The number of carbonyl (C=O) groups is 2. The highest BCUT2D eigenvalue weighted by Crippen LogP contribution is 2.25. The van der Waals surface area contributed by atoms with E-state index < -0.39 is 39.8 Å². The molecule has 1 amide bonds. The molecule has 138 valence electrons. The van der Waals surface area contributed by atoms with Gasteiger partial charge in [-0.1, -0.05) is 18.2 Å². The van der Waals surface area contributed by atoms with Crippen LogP contribution in [0.15, 0.2) is 42.5 Å². The van der Waals surface area contributed by atoms with Gasteiger partial charge in [0.15, 0.2) is 17.4 Å². The highest BCUT2D eigenvalue weighted by molar-refractivity contribution is 7.92. The number of benzene rings is 2. The van der Waals surface area contributed by atoms with Gasteiger partial charge in [0, 0.05) is 11.3 Å². The fourth-order valence-electron chi connectivity index (χ4n) is 2.24. The van der Waals surface area contributed by atoms with Crippen molar-refractivity contribution in [2.24, 2.45) is 0 Å². The third kappa shape index (κ3) is 4.63. The Morgan fingerprint density at radius 1 is 1.08 bits per heavy atom. The number of hydrogen-bond acceptors (Lipinski definition) is 4. The second-order valence-electron chi connectivity index (χ2n) is 5.53. The third-order valence-corrected chi connectivity index (χ3v) is 4.54. The van der Waals surface area contributed by atoms with E-state index in [1.165, 1.54) is 25.1 Å². The van der Waals surface area contributed by atoms with Gasteiger partial charge in [-0.25, -0.2) is 17.2 Å². The van der Waals surface area contributed by atoms with E-state index in [0.29, 0.717) is 9.87 Å². The molecule has 0 fully saturated rings. The van der Waals surface area contributed by atoms with Crippen molar-refractivity contribution >= 4 is 33.1 Å². The fraction of sp³-hybridized carbons (Fsp3) is 0.176. The molecular weight excluding hydrogens is 366 g/mol. The van der Waals surface area contributed by atoms with E-state index in [2.05, 4.69) is 5.32 Å². The Morgan fingerprint density at radius 3 is 2.19 bits per heavy atom. The number of rotatable bonds is 6. The number of ketones is 1. The molecule has 26 heavy (non-hydrogen) atoms. The number of para-hydroxylation sites is 1. The molecule has 0 bridgehead atoms. The zero-order valence-corrected chi connectivity index (χ0v) is 14.8. The van der Waals surface area contributed by atoms with E-state index in [0.717, 1.165) is 24.5 Å². The van der Waals surface area contributed by atoms with Crippen molar-refractivity contribution in [3.63, 3.8) is 0 Å². The van der Waals surface area contributed by atoms with Gasteiger partial charge in [-0.3, -0.25) is 13.9 Å². The molecule has 0 heterocycles. The van der Waals surface area contributed by atoms with Crippen LogP contribution < -0.4 is 9.62 Å². The second kappa shape index (κ2) is 7.61. The average molecular weight is 382 g/mol. The van der Waals surface area contributed by atoms with Crippen LogP contribution in [0.4, 0.5) is 20.2 Å². The Balaban J connectivity index is 2.29. The van der Waals surface area contributed by atoms with E-state index in [4.69, 9.17) is 0 Å². The number of anilines is 2. The summed E-state index contributed by atoms with van der Waals surface area (Å²) in [6.07, 6.45) is 0.739. The van der Waals surface area contributed by atoms with Crippen molar-refractivity contribution in [3.8, 4) is 0 Å². The molecule has 0 aliphatic heterocycles. The minimum Gasteiger partial charge on any atom is -0.324 e. The van der Waals surface area contributed by atoms with Crippen molar-refractivity contribution in [2.45, 2.75) is 6.92 Å². The zero-order valence-electron chi connectivity index (χ0n) is 14.0. The molecule has 2 rings (SSSR count). The van der Waals surface area contributed by atoms with Gasteiger partial charge >= 0.3 is 0 Å². The molecule has 2 aromatic rings. The van der Waals surface area contributed by atoms with Crippen molar-refractivity contribution in [2.75, 3.05) is 22.4 Å². The summed E-state index contributed by atoms with van der Waals surface area (Å²) in [5.74, 6) is -3.25. The average Bonchev–Trinajstić information content (AvgIpc) is 2.53. The third-order valence-electron chi connectivity index (χ3n) is 3.43. The first-order chi connectivity index (χ1) is 12.1. The summed E-state index contributed by atoms with van der Waals surface area (Å²) in [5.41, 5.74) is -0.226. The summed E-state index contributed by atoms with van der Waals surface area (Å²) in [5, 5.41) is 2.41. The Hall–Kier alpha value is -2.81. The minimum absolute atomic E-state index is 0.215. The number of sulfonamides is 1. The van der Waals surface area contributed by atoms with Gasteiger partial charge in [0.05, 0.1) is 6.26 Å². The molecule has 0 saturated carbocycles. The number of halogens is 2. The van der Waals surface area contributed by atoms with Crippen LogP contribution in [0.5, 0.6) is 0 Å². The van der Waals surface area contributed by atoms with E-state index >= 15 is 0 Å². The van der Waals surface area contributed by atoms with Crippen LogP contribution in [0.3, 0.4) is 0 Å². The molecular formula is C17H16F2N2O4S. The molecule has 0 aliphatic carbocycles. The van der Waals surface area contributed by atoms with Gasteiger partial charge in [0.2, 0.25) is 15.9 Å². The smallest absolute Gasteiger partial charge is 0.245 e. The van der Waals surface area contributed by atoms with Crippen molar-refractivity contribution < 1.29 is 26.8 Å². The standard InChI is InChI=1S/C17H16F2N2O4S/c1-11(22)12-5-3-6-13(9-12)20-16(23)10-21(26(2,24)25)17-14(18)7-4-8-15(17)19/h3-9H,10H2,1-2H3,(H,20,23). The Labute approximate surface area is 149 Å². The topological polar surface area (TPSA) is 83.6 Å². The van der Waals surface area contributed by atoms with Crippen LogP contribution in [0.2, 0.25) is 0 Å². The molecule has 0 saturated heterocycles. The SMILES string of the molecule is CC(=O)c1cccc(NC(=O)CN(c2c(F)cccc2F)S(C)(=O)=O)c1. The Morgan fingerprint density at radius 2 is 1.65 bits per heavy atom. The van der Waals surface area contributed by atoms with Crippen LogP contribution >= 0.6 is 0 Å². The van der Waals surface area contributed by atoms with Crippen LogP contribution in [0.1, 0.15) is 17.3 Å². The van der Waals surface area contributed by atoms with Crippen LogP contribution in [-0.2, 0) is 14.8 Å². The molecule has 0 aromatic heterocycles. The first-order valence-corrected chi connectivity index (χ1v) is 9.27. The number of hydrogen-bond donors (Lipinski definition) is 1. The summed E-state index contributed by atoms with van der Waals surface area (Å²) in [7, 11) is -4.13. The lowest BCUT2D eigenvalue weighted by Gasteiger charge is -2.22. The van der Waals surface area contributed by atoms with Crippen molar-refractivity contribution in [1.29, 1.82) is 0 Å². The summed E-state index contributed by atoms with van der Waals surface area (Å²) >= 11 is 0. The zero-order chi connectivity index (χ0) is 19.5. The molecule has 0 atom stereocenters. The number of carbonyl (C=O) groups excluding carboxylic acids is 2. The van der Waals surface area contributed by atoms with Crippen molar-refractivity contribution in [3.05, 3.63) is 59.7 Å². The van der Waals surface area contributed by atoms with Crippen LogP contribution in [0, 0.1) is 11.6 Å². The largest absolute Gasteiger partial charge is 0.324 e. The van der Waals surface area contributed by atoms with Gasteiger partial charge < -0.3 is 5.32 Å². The van der Waals surface area contributed by atoms with Gasteiger partial charge in [-0.15, -0.1) is 0 Å². The lowest BCUT2D eigenvalue weighted by molar-refractivity contribution is -0.114. The van der Waals surface area contributed by atoms with E-state index in [9.17, 15) is 26.8 Å². The normalized spacial score (nSPS) is 11.1. The van der Waals surface area contributed by atoms with Gasteiger partial charge in [0.25, 0.3) is 0 Å². The molecule has 0 spiro atoms. The minimum atomic E-state index is -4.13. The maximum Gasteiger partial charge on any atom is 0.245 e. The van der Waals surface area contributed by atoms with Gasteiger partial charge in [-0.05, 0) is 31.2 Å². The highest BCUT2D eigenvalue weighted by Gasteiger charge is 2.26. The molecule has 0 aliphatic rings. The quantitative estimate of drug-likeness (QED) is 0.779. The summed E-state index contributed by atoms with van der Waals surface area (Å²) in [4.78, 5) is 23.6. The molecule has 1 N–H and O–H groups in total. The Kier molecular flexibility index (Phi) is 5.71. The van der Waals surface area contributed by atoms with Crippen LogP contribution in [0.25, 0.3) is 0 Å². The fourth-order valence-corrected chi connectivity index (χ4v) is 3.09. The lowest BCUT2D eigenvalue weighted by atomic mass is 10.1. The van der Waals surface area contributed by atoms with Crippen molar-refractivity contribution in [1.82, 2.24) is 0 Å². The molecule has 0 unspecified atom stereocenters. The van der Waals surface area contributed by atoms with E-state index in [1.54, 1.807) is 6.07 Å². The molecule has 2 aromatic carbocycles. The molecule has 9 heteroatoms. The highest BCUT2D eigenvalue weighted by atomic mass is 32.2. The molecule has 6 nitrogen and oxygen atoms in total.